The number of amides is 1. The van der Waals surface area contributed by atoms with Crippen LogP contribution in [0.15, 0.2) is 35.4 Å². The first-order chi connectivity index (χ1) is 15.5. The number of sulfone groups is 1. The van der Waals surface area contributed by atoms with Gasteiger partial charge in [-0.2, -0.15) is 4.98 Å². The fraction of sp³-hybridized carbons (Fsp3) is 0.542. The molecule has 178 valence electrons. The van der Waals surface area contributed by atoms with Crippen molar-refractivity contribution < 1.29 is 13.2 Å². The lowest BCUT2D eigenvalue weighted by molar-refractivity contribution is -0.125. The molecule has 2 aliphatic rings. The summed E-state index contributed by atoms with van der Waals surface area (Å²) in [5, 5.41) is 3.34. The van der Waals surface area contributed by atoms with Gasteiger partial charge in [-0.05, 0) is 51.3 Å². The van der Waals surface area contributed by atoms with Crippen LogP contribution in [-0.2, 0) is 14.6 Å². The Balaban J connectivity index is 1.65. The van der Waals surface area contributed by atoms with Gasteiger partial charge in [0.1, 0.15) is 5.69 Å². The highest BCUT2D eigenvalue weighted by molar-refractivity contribution is 7.90. The molecule has 1 aliphatic carbocycles. The fourth-order valence-corrected chi connectivity index (χ4v) is 5.44. The van der Waals surface area contributed by atoms with Crippen LogP contribution < -0.4 is 15.1 Å². The van der Waals surface area contributed by atoms with Crippen LogP contribution in [0.2, 0.25) is 0 Å². The quantitative estimate of drug-likeness (QED) is 0.708. The lowest BCUT2D eigenvalue weighted by Gasteiger charge is -2.34. The van der Waals surface area contributed by atoms with Crippen LogP contribution in [0.1, 0.15) is 58.1 Å². The van der Waals surface area contributed by atoms with E-state index in [4.69, 9.17) is 4.98 Å². The Labute approximate surface area is 196 Å². The SMILES string of the molecule is C[C@@H](Nc1ncc2c(n1)N(C1CCCC1)CC(C)(C)C(=O)N2C)c1ccc(S(C)(=O)=O)cc1. The predicted molar refractivity (Wildman–Crippen MR) is 130 cm³/mol. The minimum Gasteiger partial charge on any atom is -0.351 e. The van der Waals surface area contributed by atoms with Crippen molar-refractivity contribution in [1.29, 1.82) is 0 Å². The summed E-state index contributed by atoms with van der Waals surface area (Å²) in [4.78, 5) is 26.8. The number of carbonyl (C=O) groups excluding carboxylic acids is 1. The molecule has 1 N–H and O–H groups in total. The van der Waals surface area contributed by atoms with Crippen LogP contribution in [0.3, 0.4) is 0 Å². The Morgan fingerprint density at radius 1 is 1.15 bits per heavy atom. The highest BCUT2D eigenvalue weighted by Gasteiger charge is 2.41. The summed E-state index contributed by atoms with van der Waals surface area (Å²) in [6.45, 7) is 6.59. The van der Waals surface area contributed by atoms with Gasteiger partial charge in [-0.1, -0.05) is 25.0 Å². The highest BCUT2D eigenvalue weighted by Crippen LogP contribution is 2.40. The number of carbonyl (C=O) groups is 1. The van der Waals surface area contributed by atoms with E-state index in [1.165, 1.54) is 19.1 Å². The number of hydrogen-bond acceptors (Lipinski definition) is 7. The monoisotopic (exact) mass is 471 g/mol. The zero-order chi connectivity index (χ0) is 24.0. The molecule has 0 saturated heterocycles. The van der Waals surface area contributed by atoms with Gasteiger partial charge in [-0.15, -0.1) is 0 Å². The maximum atomic E-state index is 13.1. The predicted octanol–water partition coefficient (Wildman–Crippen LogP) is 3.80. The zero-order valence-electron chi connectivity index (χ0n) is 20.0. The highest BCUT2D eigenvalue weighted by atomic mass is 32.2. The Kier molecular flexibility index (Phi) is 6.11. The molecule has 1 aliphatic heterocycles. The number of hydrogen-bond donors (Lipinski definition) is 1. The van der Waals surface area contributed by atoms with Crippen LogP contribution >= 0.6 is 0 Å². The van der Waals surface area contributed by atoms with Gasteiger partial charge in [0.25, 0.3) is 0 Å². The van der Waals surface area contributed by atoms with Gasteiger partial charge >= 0.3 is 0 Å². The third-order valence-corrected chi connectivity index (χ3v) is 7.88. The topological polar surface area (TPSA) is 95.5 Å². The van der Waals surface area contributed by atoms with Crippen LogP contribution in [0.5, 0.6) is 0 Å². The molecule has 8 nitrogen and oxygen atoms in total. The molecule has 4 rings (SSSR count). The van der Waals surface area contributed by atoms with E-state index in [9.17, 15) is 13.2 Å². The lowest BCUT2D eigenvalue weighted by Crippen LogP contribution is -2.45. The van der Waals surface area contributed by atoms with Gasteiger partial charge in [0, 0.05) is 25.9 Å². The third kappa shape index (κ3) is 4.69. The van der Waals surface area contributed by atoms with Crippen molar-refractivity contribution in [3.8, 4) is 0 Å². The number of rotatable bonds is 5. The number of fused-ring (bicyclic) bond motifs is 1. The molecule has 1 aromatic carbocycles. The van der Waals surface area contributed by atoms with E-state index < -0.39 is 15.3 Å². The molecular formula is C24H33N5O3S. The molecule has 0 unspecified atom stereocenters. The number of nitrogens with zero attached hydrogens (tertiary/aromatic N) is 4. The molecule has 1 fully saturated rings. The zero-order valence-corrected chi connectivity index (χ0v) is 20.8. The largest absolute Gasteiger partial charge is 0.351 e. The molecule has 0 radical (unpaired) electrons. The molecule has 9 heteroatoms. The van der Waals surface area contributed by atoms with Crippen molar-refractivity contribution in [3.05, 3.63) is 36.0 Å². The maximum absolute atomic E-state index is 13.1. The van der Waals surface area contributed by atoms with Crippen molar-refractivity contribution in [2.45, 2.75) is 63.4 Å². The van der Waals surface area contributed by atoms with Gasteiger partial charge in [-0.25, -0.2) is 13.4 Å². The summed E-state index contributed by atoms with van der Waals surface area (Å²) in [5.41, 5.74) is 1.13. The average molecular weight is 472 g/mol. The second-order valence-electron chi connectivity index (χ2n) is 9.92. The standard InChI is InChI=1S/C24H33N5O3S/c1-16(17-10-12-19(13-11-17)33(5,31)32)26-23-25-14-20-21(27-23)29(18-8-6-7-9-18)15-24(2,3)22(30)28(20)4/h10-14,16,18H,6-9,15H2,1-5H3,(H,25,26,27)/t16-/m1/s1. The minimum absolute atomic E-state index is 0.0629. The summed E-state index contributed by atoms with van der Waals surface area (Å²) in [6, 6.07) is 7.08. The smallest absolute Gasteiger partial charge is 0.234 e. The van der Waals surface area contributed by atoms with Gasteiger partial charge < -0.3 is 15.1 Å². The maximum Gasteiger partial charge on any atom is 0.234 e. The van der Waals surface area contributed by atoms with E-state index >= 15 is 0 Å². The lowest BCUT2D eigenvalue weighted by atomic mass is 9.91. The molecule has 1 aromatic heterocycles. The normalized spacial score (nSPS) is 19.8. The van der Waals surface area contributed by atoms with Crippen molar-refractivity contribution in [2.75, 3.05) is 35.0 Å². The van der Waals surface area contributed by atoms with Crippen LogP contribution in [0, 0.1) is 5.41 Å². The second kappa shape index (κ2) is 8.59. The molecule has 33 heavy (non-hydrogen) atoms. The van der Waals surface area contributed by atoms with E-state index in [-0.39, 0.29) is 11.9 Å². The van der Waals surface area contributed by atoms with Crippen molar-refractivity contribution >= 4 is 33.2 Å². The summed E-state index contributed by atoms with van der Waals surface area (Å²) in [6.07, 6.45) is 7.51. The average Bonchev–Trinajstić information content (AvgIpc) is 3.28. The second-order valence-corrected chi connectivity index (χ2v) is 11.9. The molecule has 0 bridgehead atoms. The van der Waals surface area contributed by atoms with Gasteiger partial charge in [0.05, 0.1) is 22.5 Å². The van der Waals surface area contributed by atoms with Crippen LogP contribution in [-0.4, -0.2) is 50.2 Å². The molecule has 1 amide bonds. The van der Waals surface area contributed by atoms with Gasteiger partial charge in [0.2, 0.25) is 11.9 Å². The van der Waals surface area contributed by atoms with E-state index in [1.807, 2.05) is 20.8 Å². The minimum atomic E-state index is -3.23. The fourth-order valence-electron chi connectivity index (χ4n) is 4.81. The van der Waals surface area contributed by atoms with Crippen molar-refractivity contribution in [2.24, 2.45) is 5.41 Å². The third-order valence-electron chi connectivity index (χ3n) is 6.75. The molecule has 1 atom stereocenters. The summed E-state index contributed by atoms with van der Waals surface area (Å²) in [5.74, 6) is 1.34. The molecule has 2 aromatic rings. The first-order valence-corrected chi connectivity index (χ1v) is 13.3. The summed E-state index contributed by atoms with van der Waals surface area (Å²) >= 11 is 0. The number of nitrogens with one attached hydrogen (secondary N) is 1. The van der Waals surface area contributed by atoms with E-state index in [0.717, 1.165) is 29.9 Å². The van der Waals surface area contributed by atoms with Gasteiger partial charge in [-0.3, -0.25) is 4.79 Å². The van der Waals surface area contributed by atoms with Crippen LogP contribution in [0.4, 0.5) is 17.5 Å². The number of anilines is 3. The van der Waals surface area contributed by atoms with E-state index in [1.54, 1.807) is 42.4 Å². The number of aromatic nitrogens is 2. The number of benzene rings is 1. The Morgan fingerprint density at radius 2 is 1.79 bits per heavy atom. The first-order valence-electron chi connectivity index (χ1n) is 11.5. The van der Waals surface area contributed by atoms with Crippen molar-refractivity contribution in [1.82, 2.24) is 9.97 Å². The Morgan fingerprint density at radius 3 is 2.39 bits per heavy atom. The van der Waals surface area contributed by atoms with Gasteiger partial charge in [0.15, 0.2) is 15.7 Å². The molecular weight excluding hydrogens is 438 g/mol. The van der Waals surface area contributed by atoms with Crippen LogP contribution in [0.25, 0.3) is 0 Å². The summed E-state index contributed by atoms with van der Waals surface area (Å²) < 4.78 is 23.5. The van der Waals surface area contributed by atoms with E-state index in [2.05, 4.69) is 15.2 Å². The first kappa shape index (κ1) is 23.5. The summed E-state index contributed by atoms with van der Waals surface area (Å²) in [7, 11) is -1.44. The molecule has 1 saturated carbocycles. The Hall–Kier alpha value is -2.68. The molecule has 0 spiro atoms. The molecule has 2 heterocycles. The van der Waals surface area contributed by atoms with E-state index in [0.29, 0.717) is 23.4 Å². The van der Waals surface area contributed by atoms with Crippen molar-refractivity contribution in [3.63, 3.8) is 0 Å². The Bertz CT molecular complexity index is 1140.